The fourth-order valence-corrected chi connectivity index (χ4v) is 3.49. The van der Waals surface area contributed by atoms with Crippen LogP contribution in [-0.2, 0) is 17.5 Å². The Morgan fingerprint density at radius 3 is 2.55 bits per heavy atom. The highest BCUT2D eigenvalue weighted by Gasteiger charge is 2.30. The number of likely N-dealkylation sites (tertiary alicyclic amines) is 1. The van der Waals surface area contributed by atoms with Crippen LogP contribution in [0.15, 0.2) is 48.5 Å². The summed E-state index contributed by atoms with van der Waals surface area (Å²) in [6.45, 7) is 3.61. The number of aryl methyl sites for hydroxylation is 1. The van der Waals surface area contributed by atoms with E-state index < -0.39 is 17.8 Å². The third kappa shape index (κ3) is 6.99. The maximum atomic E-state index is 12.7. The number of nitrogens with one attached hydrogen (secondary N) is 3. The molecule has 1 fully saturated rings. The molecule has 3 amide bonds. The van der Waals surface area contributed by atoms with Gasteiger partial charge < -0.3 is 16.0 Å². The van der Waals surface area contributed by atoms with Crippen molar-refractivity contribution in [3.05, 3.63) is 65.2 Å². The topological polar surface area (TPSA) is 73.5 Å². The first kappa shape index (κ1) is 22.6. The van der Waals surface area contributed by atoms with Crippen molar-refractivity contribution < 1.29 is 22.8 Å². The van der Waals surface area contributed by atoms with E-state index in [0.717, 1.165) is 36.2 Å². The fraction of sp³-hybridized carbons (Fsp3) is 0.364. The van der Waals surface area contributed by atoms with Gasteiger partial charge in [0, 0.05) is 31.4 Å². The molecule has 0 aromatic heterocycles. The summed E-state index contributed by atoms with van der Waals surface area (Å²) >= 11 is 0. The van der Waals surface area contributed by atoms with E-state index in [0.29, 0.717) is 18.8 Å². The van der Waals surface area contributed by atoms with Crippen molar-refractivity contribution in [3.8, 4) is 0 Å². The number of nitrogens with zero attached hydrogens (tertiary/aromatic N) is 1. The Labute approximate surface area is 178 Å². The number of carbonyl (C=O) groups is 2. The lowest BCUT2D eigenvalue weighted by Gasteiger charge is -2.17. The molecule has 0 saturated carbocycles. The molecule has 0 aliphatic carbocycles. The van der Waals surface area contributed by atoms with Gasteiger partial charge in [0.25, 0.3) is 0 Å². The minimum Gasteiger partial charge on any atom is -0.350 e. The molecule has 1 aliphatic rings. The van der Waals surface area contributed by atoms with E-state index in [2.05, 4.69) is 20.9 Å². The Bertz CT molecular complexity index is 916. The van der Waals surface area contributed by atoms with Gasteiger partial charge in [-0.05, 0) is 48.7 Å². The maximum absolute atomic E-state index is 12.7. The number of rotatable bonds is 6. The summed E-state index contributed by atoms with van der Waals surface area (Å²) in [5, 5.41) is 8.08. The lowest BCUT2D eigenvalue weighted by atomic mass is 10.1. The third-order valence-corrected chi connectivity index (χ3v) is 5.01. The van der Waals surface area contributed by atoms with Crippen LogP contribution in [0.25, 0.3) is 0 Å². The highest BCUT2D eigenvalue weighted by molar-refractivity contribution is 5.92. The van der Waals surface area contributed by atoms with E-state index in [1.54, 1.807) is 6.07 Å². The van der Waals surface area contributed by atoms with Gasteiger partial charge in [-0.1, -0.05) is 24.3 Å². The molecule has 0 radical (unpaired) electrons. The molecule has 1 heterocycles. The van der Waals surface area contributed by atoms with E-state index >= 15 is 0 Å². The van der Waals surface area contributed by atoms with Crippen LogP contribution in [-0.4, -0.2) is 42.5 Å². The number of benzene rings is 2. The molecule has 1 aliphatic heterocycles. The van der Waals surface area contributed by atoms with Crippen molar-refractivity contribution in [2.24, 2.45) is 0 Å². The highest BCUT2D eigenvalue weighted by Crippen LogP contribution is 2.29. The molecule has 2 aromatic rings. The van der Waals surface area contributed by atoms with Crippen LogP contribution in [0.4, 0.5) is 23.7 Å². The molecule has 166 valence electrons. The average molecular weight is 434 g/mol. The van der Waals surface area contributed by atoms with Gasteiger partial charge in [0.15, 0.2) is 0 Å². The van der Waals surface area contributed by atoms with Crippen LogP contribution < -0.4 is 16.0 Å². The van der Waals surface area contributed by atoms with E-state index in [1.165, 1.54) is 12.1 Å². The second-order valence-electron chi connectivity index (χ2n) is 7.66. The Morgan fingerprint density at radius 2 is 1.87 bits per heavy atom. The molecule has 2 aromatic carbocycles. The van der Waals surface area contributed by atoms with Crippen LogP contribution in [0.5, 0.6) is 0 Å². The molecule has 6 nitrogen and oxygen atoms in total. The number of halogens is 3. The molecule has 0 spiro atoms. The third-order valence-electron chi connectivity index (χ3n) is 5.01. The quantitative estimate of drug-likeness (QED) is 0.651. The van der Waals surface area contributed by atoms with Gasteiger partial charge in [-0.2, -0.15) is 13.2 Å². The predicted molar refractivity (Wildman–Crippen MR) is 111 cm³/mol. The monoisotopic (exact) mass is 434 g/mol. The highest BCUT2D eigenvalue weighted by atomic mass is 19.4. The van der Waals surface area contributed by atoms with Gasteiger partial charge >= 0.3 is 12.2 Å². The van der Waals surface area contributed by atoms with Gasteiger partial charge in [-0.15, -0.1) is 0 Å². The van der Waals surface area contributed by atoms with Gasteiger partial charge in [0.05, 0.1) is 12.1 Å². The summed E-state index contributed by atoms with van der Waals surface area (Å²) in [5.41, 5.74) is 1.78. The molecule has 31 heavy (non-hydrogen) atoms. The van der Waals surface area contributed by atoms with Crippen molar-refractivity contribution in [1.29, 1.82) is 0 Å². The second-order valence-corrected chi connectivity index (χ2v) is 7.66. The number of carbonyl (C=O) groups excluding carboxylic acids is 2. The predicted octanol–water partition coefficient (Wildman–Crippen LogP) is 3.53. The first-order chi connectivity index (χ1) is 14.7. The van der Waals surface area contributed by atoms with E-state index in [9.17, 15) is 22.8 Å². The molecule has 3 rings (SSSR count). The van der Waals surface area contributed by atoms with Gasteiger partial charge in [0.2, 0.25) is 5.91 Å². The molecular formula is C22H25F3N4O2. The van der Waals surface area contributed by atoms with Crippen molar-refractivity contribution in [1.82, 2.24) is 15.5 Å². The number of hydrogen-bond acceptors (Lipinski definition) is 3. The van der Waals surface area contributed by atoms with Gasteiger partial charge in [-0.3, -0.25) is 9.69 Å². The summed E-state index contributed by atoms with van der Waals surface area (Å²) in [6.07, 6.45) is -3.60. The molecule has 1 unspecified atom stereocenters. The lowest BCUT2D eigenvalue weighted by molar-refractivity contribution is -0.137. The maximum Gasteiger partial charge on any atom is 0.416 e. The molecule has 9 heteroatoms. The minimum atomic E-state index is -4.34. The number of alkyl halides is 3. The summed E-state index contributed by atoms with van der Waals surface area (Å²) in [5.74, 6) is -0.291. The molecule has 3 N–H and O–H groups in total. The minimum absolute atomic E-state index is 0.0661. The summed E-state index contributed by atoms with van der Waals surface area (Å²) in [6, 6.07) is 11.9. The number of amides is 3. The summed E-state index contributed by atoms with van der Waals surface area (Å²) < 4.78 is 38.0. The number of hydrogen-bond donors (Lipinski definition) is 3. The summed E-state index contributed by atoms with van der Waals surface area (Å²) in [7, 11) is 0. The Morgan fingerprint density at radius 1 is 1.13 bits per heavy atom. The fourth-order valence-electron chi connectivity index (χ4n) is 3.49. The van der Waals surface area contributed by atoms with Crippen LogP contribution in [0.1, 0.15) is 23.1 Å². The second kappa shape index (κ2) is 9.82. The van der Waals surface area contributed by atoms with Crippen molar-refractivity contribution in [3.63, 3.8) is 0 Å². The van der Waals surface area contributed by atoms with Crippen LogP contribution in [0.3, 0.4) is 0 Å². The standard InChI is InChI=1S/C22H25F3N4O2/c1-15-3-2-4-18(11-15)28-21(31)26-12-20(30)27-19-9-10-29(14-19)13-16-5-7-17(8-6-16)22(23,24)25/h2-8,11,19H,9-10,12-14H2,1H3,(H,27,30)(H2,26,28,31). The lowest BCUT2D eigenvalue weighted by Crippen LogP contribution is -2.44. The van der Waals surface area contributed by atoms with E-state index in [1.807, 2.05) is 25.1 Å². The zero-order chi connectivity index (χ0) is 22.4. The molecule has 0 bridgehead atoms. The Kier molecular flexibility index (Phi) is 7.17. The first-order valence-corrected chi connectivity index (χ1v) is 9.98. The zero-order valence-electron chi connectivity index (χ0n) is 17.1. The SMILES string of the molecule is Cc1cccc(NC(=O)NCC(=O)NC2CCN(Cc3ccc(C(F)(F)F)cc3)C2)c1. The average Bonchev–Trinajstić information content (AvgIpc) is 3.13. The number of urea groups is 1. The zero-order valence-corrected chi connectivity index (χ0v) is 17.1. The van der Waals surface area contributed by atoms with Crippen molar-refractivity contribution in [2.75, 3.05) is 25.0 Å². The van der Waals surface area contributed by atoms with Crippen molar-refractivity contribution in [2.45, 2.75) is 32.1 Å². The van der Waals surface area contributed by atoms with Gasteiger partial charge in [-0.25, -0.2) is 4.79 Å². The van der Waals surface area contributed by atoms with Crippen LogP contribution in [0.2, 0.25) is 0 Å². The molecular weight excluding hydrogens is 409 g/mol. The normalized spacial score (nSPS) is 16.7. The van der Waals surface area contributed by atoms with Crippen molar-refractivity contribution >= 4 is 17.6 Å². The van der Waals surface area contributed by atoms with Crippen LogP contribution >= 0.6 is 0 Å². The molecule has 1 saturated heterocycles. The largest absolute Gasteiger partial charge is 0.416 e. The smallest absolute Gasteiger partial charge is 0.350 e. The van der Waals surface area contributed by atoms with Gasteiger partial charge in [0.1, 0.15) is 0 Å². The van der Waals surface area contributed by atoms with E-state index in [-0.39, 0.29) is 18.5 Å². The molecule has 1 atom stereocenters. The Hall–Kier alpha value is -3.07. The number of anilines is 1. The van der Waals surface area contributed by atoms with E-state index in [4.69, 9.17) is 0 Å². The Balaban J connectivity index is 1.38. The van der Waals surface area contributed by atoms with Crippen LogP contribution in [0, 0.1) is 6.92 Å². The first-order valence-electron chi connectivity index (χ1n) is 9.98. The summed E-state index contributed by atoms with van der Waals surface area (Å²) in [4.78, 5) is 26.1.